The highest BCUT2D eigenvalue weighted by atomic mass is 19.1. The molecule has 2 atom stereocenters. The molecule has 2 aromatic rings. The molecule has 28 heavy (non-hydrogen) atoms. The smallest absolute Gasteiger partial charge is 0.146 e. The molecule has 1 saturated heterocycles. The van der Waals surface area contributed by atoms with Crippen LogP contribution in [-0.4, -0.2) is 24.8 Å². The molecule has 0 aliphatic carbocycles. The molecule has 2 aliphatic heterocycles. The van der Waals surface area contributed by atoms with E-state index in [2.05, 4.69) is 41.1 Å². The minimum absolute atomic E-state index is 0.123. The fourth-order valence-corrected chi connectivity index (χ4v) is 4.29. The van der Waals surface area contributed by atoms with Gasteiger partial charge in [-0.1, -0.05) is 24.3 Å². The Morgan fingerprint density at radius 2 is 1.93 bits per heavy atom. The fraction of sp³-hybridized carbons (Fsp3) is 0.381. The van der Waals surface area contributed by atoms with Crippen molar-refractivity contribution in [1.82, 2.24) is 16.1 Å². The van der Waals surface area contributed by atoms with Gasteiger partial charge >= 0.3 is 0 Å². The summed E-state index contributed by atoms with van der Waals surface area (Å²) in [5.74, 6) is 0.844. The van der Waals surface area contributed by atoms with E-state index >= 15 is 0 Å². The van der Waals surface area contributed by atoms with Gasteiger partial charge in [0.2, 0.25) is 0 Å². The van der Waals surface area contributed by atoms with Gasteiger partial charge in [-0.15, -0.1) is 5.10 Å². The molecule has 0 saturated carbocycles. The first-order valence-electron chi connectivity index (χ1n) is 9.62. The zero-order chi connectivity index (χ0) is 19.7. The second-order valence-corrected chi connectivity index (χ2v) is 7.27. The summed E-state index contributed by atoms with van der Waals surface area (Å²) in [6.07, 6.45) is 2.15. The average molecular weight is 383 g/mol. The molecule has 2 heterocycles. The van der Waals surface area contributed by atoms with Crippen LogP contribution in [0.3, 0.4) is 0 Å². The SMILES string of the molecule is CON1NN=C(C)N1c1cccc(C)c1C1CCCNC1c1ccc(F)cc1. The summed E-state index contributed by atoms with van der Waals surface area (Å²) in [7, 11) is 1.60. The topological polar surface area (TPSA) is 52.1 Å². The lowest BCUT2D eigenvalue weighted by molar-refractivity contribution is -0.161. The van der Waals surface area contributed by atoms with Crippen LogP contribution in [0.2, 0.25) is 0 Å². The summed E-state index contributed by atoms with van der Waals surface area (Å²) in [6.45, 7) is 5.03. The van der Waals surface area contributed by atoms with Crippen LogP contribution in [0.4, 0.5) is 10.1 Å². The van der Waals surface area contributed by atoms with Crippen molar-refractivity contribution in [2.75, 3.05) is 18.7 Å². The van der Waals surface area contributed by atoms with Gasteiger partial charge in [-0.25, -0.2) is 9.40 Å². The third-order valence-corrected chi connectivity index (χ3v) is 5.55. The van der Waals surface area contributed by atoms with Gasteiger partial charge in [-0.05, 0) is 68.1 Å². The van der Waals surface area contributed by atoms with Crippen LogP contribution in [0, 0.1) is 12.7 Å². The summed E-state index contributed by atoms with van der Waals surface area (Å²) in [6, 6.07) is 13.3. The van der Waals surface area contributed by atoms with Crippen LogP contribution in [0.25, 0.3) is 0 Å². The van der Waals surface area contributed by atoms with Crippen LogP contribution in [0.5, 0.6) is 0 Å². The maximum absolute atomic E-state index is 13.5. The van der Waals surface area contributed by atoms with Crippen molar-refractivity contribution in [3.63, 3.8) is 0 Å². The molecule has 2 aliphatic rings. The molecule has 1 fully saturated rings. The number of hydrogen-bond acceptors (Lipinski definition) is 6. The molecular weight excluding hydrogens is 357 g/mol. The number of halogens is 1. The van der Waals surface area contributed by atoms with E-state index in [0.717, 1.165) is 36.5 Å². The molecule has 0 radical (unpaired) electrons. The highest BCUT2D eigenvalue weighted by Crippen LogP contribution is 2.43. The number of hydrogen-bond donors (Lipinski definition) is 2. The fourth-order valence-electron chi connectivity index (χ4n) is 4.29. The van der Waals surface area contributed by atoms with Gasteiger partial charge in [0.05, 0.1) is 12.8 Å². The number of anilines is 1. The minimum atomic E-state index is -0.210. The van der Waals surface area contributed by atoms with Crippen molar-refractivity contribution in [2.45, 2.75) is 38.6 Å². The molecule has 0 amide bonds. The molecular formula is C21H26FN5O. The van der Waals surface area contributed by atoms with Crippen LogP contribution >= 0.6 is 0 Å². The van der Waals surface area contributed by atoms with Gasteiger partial charge in [-0.3, -0.25) is 4.84 Å². The van der Waals surface area contributed by atoms with E-state index in [1.54, 1.807) is 7.11 Å². The molecule has 0 bridgehead atoms. The zero-order valence-electron chi connectivity index (χ0n) is 16.4. The van der Waals surface area contributed by atoms with Crippen LogP contribution in [-0.2, 0) is 4.84 Å². The lowest BCUT2D eigenvalue weighted by Gasteiger charge is -2.37. The molecule has 2 aromatic carbocycles. The Labute approximate surface area is 164 Å². The molecule has 2 unspecified atom stereocenters. The largest absolute Gasteiger partial charge is 0.309 e. The standard InChI is InChI=1S/C21H26FN5O/c1-14-6-4-8-19(26-15(2)24-25-27(26)28-3)20(14)18-7-5-13-23-21(18)16-9-11-17(22)12-10-16/h4,6,8-12,18,21,23,25H,5,7,13H2,1-3H3. The zero-order valence-corrected chi connectivity index (χ0v) is 16.4. The van der Waals surface area contributed by atoms with Gasteiger partial charge in [0.25, 0.3) is 0 Å². The van der Waals surface area contributed by atoms with Crippen molar-refractivity contribution in [2.24, 2.45) is 5.10 Å². The average Bonchev–Trinajstić information content (AvgIpc) is 3.09. The Kier molecular flexibility index (Phi) is 5.30. The molecule has 2 N–H and O–H groups in total. The quantitative estimate of drug-likeness (QED) is 0.842. The molecule has 6 nitrogen and oxygen atoms in total. The predicted octanol–water partition coefficient (Wildman–Crippen LogP) is 3.78. The van der Waals surface area contributed by atoms with Crippen LogP contribution in [0.1, 0.15) is 48.4 Å². The van der Waals surface area contributed by atoms with E-state index in [1.807, 2.05) is 24.1 Å². The van der Waals surface area contributed by atoms with Gasteiger partial charge in [0, 0.05) is 17.2 Å². The second kappa shape index (κ2) is 7.87. The van der Waals surface area contributed by atoms with Gasteiger partial charge in [0.15, 0.2) is 0 Å². The number of nitrogens with zero attached hydrogens (tertiary/aromatic N) is 3. The third-order valence-electron chi connectivity index (χ3n) is 5.55. The summed E-state index contributed by atoms with van der Waals surface area (Å²) < 4.78 is 13.5. The van der Waals surface area contributed by atoms with Gasteiger partial charge < -0.3 is 5.32 Å². The summed E-state index contributed by atoms with van der Waals surface area (Å²) in [5, 5.41) is 11.4. The van der Waals surface area contributed by atoms with Crippen molar-refractivity contribution in [3.05, 3.63) is 65.0 Å². The lowest BCUT2D eigenvalue weighted by Crippen LogP contribution is -2.45. The first kappa shape index (κ1) is 18.9. The maximum atomic E-state index is 13.5. The van der Waals surface area contributed by atoms with Crippen LogP contribution in [0.15, 0.2) is 47.6 Å². The highest BCUT2D eigenvalue weighted by Gasteiger charge is 2.34. The minimum Gasteiger partial charge on any atom is -0.309 e. The summed E-state index contributed by atoms with van der Waals surface area (Å²) in [5.41, 5.74) is 7.48. The Morgan fingerprint density at radius 1 is 1.14 bits per heavy atom. The predicted molar refractivity (Wildman–Crippen MR) is 108 cm³/mol. The lowest BCUT2D eigenvalue weighted by atomic mass is 9.79. The van der Waals surface area contributed by atoms with Gasteiger partial charge in [-0.2, -0.15) is 5.53 Å². The maximum Gasteiger partial charge on any atom is 0.146 e. The van der Waals surface area contributed by atoms with E-state index in [0.29, 0.717) is 0 Å². The van der Waals surface area contributed by atoms with E-state index in [1.165, 1.54) is 28.5 Å². The molecule has 148 valence electrons. The number of amidine groups is 1. The van der Waals surface area contributed by atoms with Crippen molar-refractivity contribution < 1.29 is 9.23 Å². The van der Waals surface area contributed by atoms with Crippen LogP contribution < -0.4 is 15.9 Å². The Morgan fingerprint density at radius 3 is 2.68 bits per heavy atom. The second-order valence-electron chi connectivity index (χ2n) is 7.27. The highest BCUT2D eigenvalue weighted by molar-refractivity contribution is 5.96. The van der Waals surface area contributed by atoms with Gasteiger partial charge in [0.1, 0.15) is 11.7 Å². The number of hydrazine groups is 2. The molecule has 0 aromatic heterocycles. The third kappa shape index (κ3) is 3.37. The number of aryl methyl sites for hydroxylation is 1. The number of nitrogens with one attached hydrogen (secondary N) is 2. The van der Waals surface area contributed by atoms with E-state index in [-0.39, 0.29) is 17.8 Å². The Bertz CT molecular complexity index is 870. The van der Waals surface area contributed by atoms with E-state index in [9.17, 15) is 4.39 Å². The first-order chi connectivity index (χ1) is 13.6. The first-order valence-corrected chi connectivity index (χ1v) is 9.62. The van der Waals surface area contributed by atoms with E-state index < -0.39 is 0 Å². The number of rotatable bonds is 4. The number of hydrazone groups is 1. The van der Waals surface area contributed by atoms with Crippen molar-refractivity contribution in [1.29, 1.82) is 0 Å². The number of benzene rings is 2. The molecule has 4 rings (SSSR count). The van der Waals surface area contributed by atoms with E-state index in [4.69, 9.17) is 4.84 Å². The molecule has 0 spiro atoms. The Hall–Kier alpha value is -2.48. The van der Waals surface area contributed by atoms with Crippen molar-refractivity contribution >= 4 is 11.5 Å². The monoisotopic (exact) mass is 383 g/mol. The summed E-state index contributed by atoms with van der Waals surface area (Å²) >= 11 is 0. The normalized spacial score (nSPS) is 22.9. The Balaban J connectivity index is 1.79. The summed E-state index contributed by atoms with van der Waals surface area (Å²) in [4.78, 5) is 5.43. The molecule has 7 heteroatoms. The van der Waals surface area contributed by atoms with Crippen molar-refractivity contribution in [3.8, 4) is 0 Å². The number of piperidine rings is 1.